The number of hydrogen-bond acceptors (Lipinski definition) is 4. The van der Waals surface area contributed by atoms with Crippen LogP contribution in [-0.2, 0) is 0 Å². The summed E-state index contributed by atoms with van der Waals surface area (Å²) in [7, 11) is 2.33. The lowest BCUT2D eigenvalue weighted by Crippen LogP contribution is -2.55. The van der Waals surface area contributed by atoms with Crippen LogP contribution in [-0.4, -0.2) is 30.1 Å². The highest BCUT2D eigenvalue weighted by atomic mass is 79.9. The fourth-order valence-electron chi connectivity index (χ4n) is 4.94. The van der Waals surface area contributed by atoms with E-state index in [4.69, 9.17) is 4.74 Å². The second kappa shape index (κ2) is 6.29. The summed E-state index contributed by atoms with van der Waals surface area (Å²) < 4.78 is 7.60. The Kier molecular flexibility index (Phi) is 4.06. The van der Waals surface area contributed by atoms with Crippen molar-refractivity contribution in [3.63, 3.8) is 0 Å². The molecule has 5 rings (SSSR count). The molecule has 2 fully saturated rings. The van der Waals surface area contributed by atoms with Crippen LogP contribution >= 0.6 is 27.3 Å². The Labute approximate surface area is 161 Å². The average Bonchev–Trinajstić information content (AvgIpc) is 3.17. The maximum atomic E-state index is 6.44. The van der Waals surface area contributed by atoms with Crippen LogP contribution in [0.2, 0.25) is 0 Å². The van der Waals surface area contributed by atoms with Crippen molar-refractivity contribution in [2.75, 3.05) is 11.9 Å². The lowest BCUT2D eigenvalue weighted by Gasteiger charge is -2.50. The third-order valence-corrected chi connectivity index (χ3v) is 8.11. The van der Waals surface area contributed by atoms with Crippen LogP contribution < -0.4 is 9.64 Å². The van der Waals surface area contributed by atoms with Gasteiger partial charge in [0.1, 0.15) is 5.75 Å². The molecule has 4 heterocycles. The fraction of sp³-hybridized carbons (Fsp3) is 0.500. The minimum atomic E-state index is 0.000840. The van der Waals surface area contributed by atoms with Crippen LogP contribution in [0.5, 0.6) is 5.75 Å². The van der Waals surface area contributed by atoms with E-state index in [1.165, 1.54) is 42.7 Å². The van der Waals surface area contributed by atoms with Crippen LogP contribution in [0.1, 0.15) is 43.2 Å². The summed E-state index contributed by atoms with van der Waals surface area (Å²) in [6.07, 6.45) is 6.55. The van der Waals surface area contributed by atoms with Crippen LogP contribution in [0.25, 0.3) is 0 Å². The number of benzene rings is 1. The van der Waals surface area contributed by atoms with Gasteiger partial charge in [-0.25, -0.2) is 0 Å². The second-order valence-corrected chi connectivity index (χ2v) is 9.31. The van der Waals surface area contributed by atoms with Crippen molar-refractivity contribution in [1.82, 2.24) is 4.90 Å². The monoisotopic (exact) mass is 418 g/mol. The number of nitrogens with zero attached hydrogens (tertiary/aromatic N) is 2. The van der Waals surface area contributed by atoms with E-state index >= 15 is 0 Å². The van der Waals surface area contributed by atoms with Crippen molar-refractivity contribution in [3.8, 4) is 5.75 Å². The van der Waals surface area contributed by atoms with Gasteiger partial charge in [0.25, 0.3) is 0 Å². The number of para-hydroxylation sites is 2. The molecule has 0 aliphatic carbocycles. The molecule has 0 amide bonds. The maximum absolute atomic E-state index is 6.44. The smallest absolute Gasteiger partial charge is 0.209 e. The van der Waals surface area contributed by atoms with Crippen LogP contribution in [0.4, 0.5) is 5.69 Å². The van der Waals surface area contributed by atoms with Gasteiger partial charge < -0.3 is 14.5 Å². The normalized spacial score (nSPS) is 31.7. The second-order valence-electron chi connectivity index (χ2n) is 7.51. The van der Waals surface area contributed by atoms with Crippen molar-refractivity contribution < 1.29 is 4.74 Å². The number of ether oxygens (including phenoxy) is 1. The van der Waals surface area contributed by atoms with E-state index in [0.29, 0.717) is 6.04 Å². The van der Waals surface area contributed by atoms with Crippen molar-refractivity contribution in [2.45, 2.75) is 56.5 Å². The molecule has 3 atom stereocenters. The van der Waals surface area contributed by atoms with Gasteiger partial charge in [0, 0.05) is 22.6 Å². The first-order valence-corrected chi connectivity index (χ1v) is 10.9. The van der Waals surface area contributed by atoms with Gasteiger partial charge >= 0.3 is 0 Å². The molecule has 132 valence electrons. The topological polar surface area (TPSA) is 15.7 Å². The first-order chi connectivity index (χ1) is 12.2. The molecule has 2 saturated heterocycles. The molecule has 3 aliphatic heterocycles. The van der Waals surface area contributed by atoms with Crippen molar-refractivity contribution in [3.05, 3.63) is 45.1 Å². The van der Waals surface area contributed by atoms with Crippen molar-refractivity contribution in [1.29, 1.82) is 0 Å². The molecule has 0 radical (unpaired) electrons. The zero-order valence-corrected chi connectivity index (χ0v) is 16.8. The third kappa shape index (κ3) is 2.63. The van der Waals surface area contributed by atoms with Gasteiger partial charge in [-0.05, 0) is 72.2 Å². The van der Waals surface area contributed by atoms with Gasteiger partial charge in [-0.1, -0.05) is 18.6 Å². The molecule has 2 bridgehead atoms. The molecule has 0 spiro atoms. The quantitative estimate of drug-likeness (QED) is 0.646. The minimum absolute atomic E-state index is 0.000840. The van der Waals surface area contributed by atoms with E-state index in [0.717, 1.165) is 22.3 Å². The summed E-state index contributed by atoms with van der Waals surface area (Å²) in [4.78, 5) is 6.49. The van der Waals surface area contributed by atoms with Gasteiger partial charge in [-0.2, -0.15) is 0 Å². The third-order valence-electron chi connectivity index (χ3n) is 6.21. The first-order valence-electron chi connectivity index (χ1n) is 9.21. The Bertz CT molecular complexity index is 765. The molecular formula is C20H23BrN2OS. The summed E-state index contributed by atoms with van der Waals surface area (Å²) in [6.45, 7) is 0. The average molecular weight is 419 g/mol. The van der Waals surface area contributed by atoms with Crippen LogP contribution in [0, 0.1) is 0 Å². The standard InChI is InChI=1S/C20H23BrN2OS/c1-22-13-5-4-6-14(22)12-15(11-13)23-17-7-2-3-8-18(17)24-20(23)19-16(21)9-10-25-19/h2-3,7-10,13-15,20H,4-6,11-12H2,1H3. The molecule has 3 aliphatic rings. The fourth-order valence-corrected chi connectivity index (χ4v) is 6.53. The summed E-state index contributed by atoms with van der Waals surface area (Å²) in [6, 6.07) is 12.7. The van der Waals surface area contributed by atoms with Crippen molar-refractivity contribution in [2.24, 2.45) is 0 Å². The van der Waals surface area contributed by atoms with Crippen molar-refractivity contribution >= 4 is 33.0 Å². The number of hydrogen-bond donors (Lipinski definition) is 0. The van der Waals surface area contributed by atoms with E-state index in [1.54, 1.807) is 11.3 Å². The zero-order valence-electron chi connectivity index (χ0n) is 14.4. The molecular weight excluding hydrogens is 396 g/mol. The molecule has 5 heteroatoms. The molecule has 1 aromatic carbocycles. The van der Waals surface area contributed by atoms with Gasteiger partial charge in [0.15, 0.2) is 0 Å². The highest BCUT2D eigenvalue weighted by molar-refractivity contribution is 9.10. The highest BCUT2D eigenvalue weighted by Crippen LogP contribution is 2.50. The number of rotatable bonds is 2. The molecule has 3 nitrogen and oxygen atoms in total. The summed E-state index contributed by atoms with van der Waals surface area (Å²) in [5.41, 5.74) is 1.26. The maximum Gasteiger partial charge on any atom is 0.209 e. The number of piperidine rings is 2. The Hall–Kier alpha value is -1.04. The predicted octanol–water partition coefficient (Wildman–Crippen LogP) is 5.42. The molecule has 0 saturated carbocycles. The van der Waals surface area contributed by atoms with Crippen LogP contribution in [0.15, 0.2) is 40.2 Å². The number of fused-ring (bicyclic) bond motifs is 3. The Morgan fingerprint density at radius 1 is 1.08 bits per heavy atom. The number of halogens is 1. The predicted molar refractivity (Wildman–Crippen MR) is 107 cm³/mol. The van der Waals surface area contributed by atoms with Gasteiger partial charge in [0.2, 0.25) is 6.23 Å². The molecule has 2 aromatic rings. The number of thiophene rings is 1. The van der Waals surface area contributed by atoms with E-state index in [9.17, 15) is 0 Å². The summed E-state index contributed by atoms with van der Waals surface area (Å²) in [5, 5.41) is 2.15. The van der Waals surface area contributed by atoms with Gasteiger partial charge in [0.05, 0.1) is 10.6 Å². The van der Waals surface area contributed by atoms with E-state index in [2.05, 4.69) is 68.5 Å². The first kappa shape index (κ1) is 16.2. The SMILES string of the molecule is CN1C2CCCC1CC(N1c3ccccc3OC1c1sccc1Br)C2. The van der Waals surface area contributed by atoms with Crippen LogP contribution in [0.3, 0.4) is 0 Å². The molecule has 1 aromatic heterocycles. The lowest BCUT2D eigenvalue weighted by molar-refractivity contribution is 0.0484. The highest BCUT2D eigenvalue weighted by Gasteiger charge is 2.44. The number of anilines is 1. The lowest BCUT2D eigenvalue weighted by atomic mass is 9.81. The molecule has 3 unspecified atom stereocenters. The van der Waals surface area contributed by atoms with E-state index in [1.807, 2.05) is 0 Å². The summed E-state index contributed by atoms with van der Waals surface area (Å²) in [5.74, 6) is 1.02. The van der Waals surface area contributed by atoms with Gasteiger partial charge in [-0.3, -0.25) is 0 Å². The Morgan fingerprint density at radius 2 is 1.84 bits per heavy atom. The van der Waals surface area contributed by atoms with E-state index < -0.39 is 0 Å². The Balaban J connectivity index is 1.53. The van der Waals surface area contributed by atoms with Gasteiger partial charge in [-0.15, -0.1) is 11.3 Å². The van der Waals surface area contributed by atoms with E-state index in [-0.39, 0.29) is 6.23 Å². The summed E-state index contributed by atoms with van der Waals surface area (Å²) >= 11 is 5.51. The minimum Gasteiger partial charge on any atom is -0.463 e. The molecule has 25 heavy (non-hydrogen) atoms. The Morgan fingerprint density at radius 3 is 2.56 bits per heavy atom. The zero-order chi connectivity index (χ0) is 17.0. The largest absolute Gasteiger partial charge is 0.463 e. The molecule has 0 N–H and O–H groups in total.